The maximum absolute atomic E-state index is 11.9. The van der Waals surface area contributed by atoms with Gasteiger partial charge < -0.3 is 29.7 Å². The molecule has 0 saturated heterocycles. The fourth-order valence-corrected chi connectivity index (χ4v) is 7.12. The normalized spacial score (nSPS) is 15.6. The predicted octanol–water partition coefficient (Wildman–Crippen LogP) is 6.41. The molecule has 3 aromatic heterocycles. The Balaban J connectivity index is 1.15. The summed E-state index contributed by atoms with van der Waals surface area (Å²) in [6.07, 6.45) is 4.88. The van der Waals surface area contributed by atoms with Crippen LogP contribution in [0.25, 0.3) is 22.4 Å². The van der Waals surface area contributed by atoms with E-state index in [2.05, 4.69) is 64.7 Å². The molecule has 0 unspecified atom stereocenters. The molecule has 7 rings (SSSR count). The monoisotopic (exact) mass is 738 g/mol. The van der Waals surface area contributed by atoms with E-state index in [9.17, 15) is 20.3 Å². The van der Waals surface area contributed by atoms with E-state index in [4.69, 9.17) is 24.2 Å². The van der Waals surface area contributed by atoms with Crippen LogP contribution in [0.3, 0.4) is 0 Å². The fourth-order valence-electron chi connectivity index (χ4n) is 7.12. The van der Waals surface area contributed by atoms with Gasteiger partial charge in [0.2, 0.25) is 17.6 Å². The second kappa shape index (κ2) is 16.0. The highest BCUT2D eigenvalue weighted by Crippen LogP contribution is 2.42. The molecule has 5 aromatic rings. The minimum absolute atomic E-state index is 0.0924. The first-order chi connectivity index (χ1) is 26.7. The van der Waals surface area contributed by atoms with Crippen LogP contribution in [0.4, 0.5) is 0 Å². The number of hydrogen-bond acceptors (Lipinski definition) is 11. The maximum atomic E-state index is 11.9. The number of fused-ring (bicyclic) bond motifs is 1. The van der Waals surface area contributed by atoms with Crippen LogP contribution in [0.1, 0.15) is 64.8 Å². The van der Waals surface area contributed by atoms with Crippen LogP contribution in [0.5, 0.6) is 17.6 Å². The Kier molecular flexibility index (Phi) is 10.7. The number of ether oxygens (including phenoxy) is 3. The third-order valence-corrected chi connectivity index (χ3v) is 10.4. The molecule has 1 aliphatic carbocycles. The molecule has 2 atom stereocenters. The first-order valence-corrected chi connectivity index (χ1v) is 18.2. The summed E-state index contributed by atoms with van der Waals surface area (Å²) in [7, 11) is 1.63. The number of pyridine rings is 3. The number of aryl methyl sites for hydroxylation is 1. The topological polar surface area (TPSA) is 172 Å². The summed E-state index contributed by atoms with van der Waals surface area (Å²) in [5.74, 6) is 0.907. The molecule has 1 aliphatic heterocycles. The van der Waals surface area contributed by atoms with Gasteiger partial charge in [-0.05, 0) is 91.6 Å². The minimum atomic E-state index is -1.32. The molecule has 12 nitrogen and oxygen atoms in total. The Morgan fingerprint density at radius 1 is 1.02 bits per heavy atom. The number of carbonyl (C=O) groups is 1. The molecule has 0 bridgehead atoms. The Bertz CT molecular complexity index is 2320. The van der Waals surface area contributed by atoms with Gasteiger partial charge in [-0.3, -0.25) is 14.8 Å². The summed E-state index contributed by atoms with van der Waals surface area (Å²) in [6, 6.07) is 24.0. The summed E-state index contributed by atoms with van der Waals surface area (Å²) in [5, 5.41) is 32.2. The Morgan fingerprint density at radius 2 is 1.84 bits per heavy atom. The molecule has 0 fully saturated rings. The van der Waals surface area contributed by atoms with Crippen molar-refractivity contribution in [1.29, 1.82) is 5.26 Å². The summed E-state index contributed by atoms with van der Waals surface area (Å²) < 4.78 is 18.4. The van der Waals surface area contributed by atoms with E-state index >= 15 is 0 Å². The number of aliphatic carboxylic acids is 1. The molecule has 0 radical (unpaired) electrons. The van der Waals surface area contributed by atoms with Gasteiger partial charge in [-0.15, -0.1) is 0 Å². The summed E-state index contributed by atoms with van der Waals surface area (Å²) in [6.45, 7) is 4.76. The lowest BCUT2D eigenvalue weighted by molar-refractivity contribution is -0.150. The molecule has 0 spiro atoms. The second-order valence-electron chi connectivity index (χ2n) is 14.0. The summed E-state index contributed by atoms with van der Waals surface area (Å²) in [5.41, 5.74) is 8.79. The average Bonchev–Trinajstić information content (AvgIpc) is 3.90. The number of benzene rings is 2. The van der Waals surface area contributed by atoms with Crippen molar-refractivity contribution in [1.82, 2.24) is 20.3 Å². The smallest absolute Gasteiger partial charge is 0.311 e. The van der Waals surface area contributed by atoms with Gasteiger partial charge in [0.05, 0.1) is 42.5 Å². The molecule has 0 amide bonds. The van der Waals surface area contributed by atoms with Crippen LogP contribution in [-0.4, -0.2) is 63.8 Å². The number of aliphatic hydroxyl groups excluding tert-OH is 1. The second-order valence-corrected chi connectivity index (χ2v) is 14.0. The van der Waals surface area contributed by atoms with Crippen molar-refractivity contribution in [2.45, 2.75) is 52.2 Å². The Labute approximate surface area is 319 Å². The van der Waals surface area contributed by atoms with E-state index in [-0.39, 0.29) is 25.0 Å². The third-order valence-electron chi connectivity index (χ3n) is 10.4. The molecular weight excluding hydrogens is 697 g/mol. The van der Waals surface area contributed by atoms with Crippen LogP contribution in [0.2, 0.25) is 0 Å². The lowest BCUT2D eigenvalue weighted by Crippen LogP contribution is -2.32. The molecule has 0 saturated carbocycles. The number of carboxylic acid groups (broad SMARTS) is 1. The highest BCUT2D eigenvalue weighted by Gasteiger charge is 2.33. The van der Waals surface area contributed by atoms with Crippen LogP contribution in [0, 0.1) is 23.7 Å². The zero-order valence-corrected chi connectivity index (χ0v) is 31.0. The minimum Gasteiger partial charge on any atom is -0.481 e. The van der Waals surface area contributed by atoms with Crippen LogP contribution in [-0.2, 0) is 24.2 Å². The van der Waals surface area contributed by atoms with E-state index in [0.29, 0.717) is 34.9 Å². The zero-order valence-electron chi connectivity index (χ0n) is 31.0. The first kappa shape index (κ1) is 37.0. The number of carboxylic acids is 1. The number of nitrogens with one attached hydrogen (secondary N) is 1. The van der Waals surface area contributed by atoms with Gasteiger partial charge in [0.1, 0.15) is 24.6 Å². The van der Waals surface area contributed by atoms with Gasteiger partial charge in [0, 0.05) is 41.7 Å². The van der Waals surface area contributed by atoms with E-state index in [0.717, 1.165) is 70.8 Å². The number of aromatic nitrogens is 3. The van der Waals surface area contributed by atoms with Crippen molar-refractivity contribution in [3.63, 3.8) is 0 Å². The van der Waals surface area contributed by atoms with Gasteiger partial charge >= 0.3 is 5.97 Å². The SMILES string of the molecule is COc1nc(-c2cccc(-c3cccc4c3CC[C@@H]4Oc3ccc(CC[C@@](C)(CO)C(=O)O)c(OCc4cncc(C#N)c4)n3)c2C)ccc1C1=NCCN1. The molecule has 2 aromatic carbocycles. The predicted molar refractivity (Wildman–Crippen MR) is 206 cm³/mol. The van der Waals surface area contributed by atoms with Crippen LogP contribution < -0.4 is 19.5 Å². The number of amidine groups is 1. The molecule has 2 aliphatic rings. The first-order valence-electron chi connectivity index (χ1n) is 18.2. The van der Waals surface area contributed by atoms with E-state index < -0.39 is 18.0 Å². The van der Waals surface area contributed by atoms with Crippen molar-refractivity contribution in [3.05, 3.63) is 118 Å². The van der Waals surface area contributed by atoms with Gasteiger partial charge in [-0.25, -0.2) is 4.98 Å². The van der Waals surface area contributed by atoms with Gasteiger partial charge in [-0.1, -0.05) is 36.4 Å². The number of methoxy groups -OCH3 is 1. The number of aliphatic hydroxyl groups is 1. The lowest BCUT2D eigenvalue weighted by Gasteiger charge is -2.22. The van der Waals surface area contributed by atoms with E-state index in [1.165, 1.54) is 18.7 Å². The van der Waals surface area contributed by atoms with Crippen LogP contribution in [0.15, 0.2) is 84.1 Å². The van der Waals surface area contributed by atoms with Crippen LogP contribution >= 0.6 is 0 Å². The number of nitrogens with zero attached hydrogens (tertiary/aromatic N) is 5. The Morgan fingerprint density at radius 3 is 2.60 bits per heavy atom. The Hall–Kier alpha value is -6.32. The fraction of sp³-hybridized carbons (Fsp3) is 0.302. The molecule has 55 heavy (non-hydrogen) atoms. The van der Waals surface area contributed by atoms with Crippen molar-refractivity contribution in [2.24, 2.45) is 10.4 Å². The molecule has 280 valence electrons. The highest BCUT2D eigenvalue weighted by atomic mass is 16.5. The van der Waals surface area contributed by atoms with Crippen molar-refractivity contribution < 1.29 is 29.2 Å². The molecule has 3 N–H and O–H groups in total. The maximum Gasteiger partial charge on any atom is 0.311 e. The number of aliphatic imine (C=N–C) groups is 1. The average molecular weight is 739 g/mol. The number of rotatable bonds is 14. The number of hydrogen-bond donors (Lipinski definition) is 3. The zero-order chi connectivity index (χ0) is 38.5. The highest BCUT2D eigenvalue weighted by molar-refractivity contribution is 6.02. The molecule has 12 heteroatoms. The summed E-state index contributed by atoms with van der Waals surface area (Å²) in [4.78, 5) is 30.2. The standard InChI is InChI=1S/C43H42N6O6/c1-26-30(6-4-7-31(26)36-13-11-35(41(48-36)53-3)39-46-18-19-47-39)32-8-5-9-34-33(32)12-14-37(34)55-38-15-10-29(16-17-43(2,25-50)42(51)52)40(49-38)54-24-28-20-27(21-44)22-45-23-28/h4-11,13,15,20,22-23,37,50H,12,14,16-19,24-25H2,1-3H3,(H,46,47)(H,51,52)/t37-,43-/m0/s1. The quantitative estimate of drug-likeness (QED) is 0.115. The summed E-state index contributed by atoms with van der Waals surface area (Å²) >= 11 is 0. The van der Waals surface area contributed by atoms with Gasteiger partial charge in [0.15, 0.2) is 0 Å². The van der Waals surface area contributed by atoms with Gasteiger partial charge in [0.25, 0.3) is 0 Å². The number of nitriles is 1. The molecule has 4 heterocycles. The van der Waals surface area contributed by atoms with Gasteiger partial charge in [-0.2, -0.15) is 10.2 Å². The van der Waals surface area contributed by atoms with E-state index in [1.54, 1.807) is 25.4 Å². The van der Waals surface area contributed by atoms with Crippen molar-refractivity contribution in [3.8, 4) is 46.1 Å². The molecular formula is C43H42N6O6. The van der Waals surface area contributed by atoms with E-state index in [1.807, 2.05) is 18.2 Å². The van der Waals surface area contributed by atoms with Crippen molar-refractivity contribution in [2.75, 3.05) is 26.8 Å². The third kappa shape index (κ3) is 7.70. The largest absolute Gasteiger partial charge is 0.481 e. The lowest BCUT2D eigenvalue weighted by atomic mass is 9.85. The van der Waals surface area contributed by atoms with Crippen molar-refractivity contribution >= 4 is 11.8 Å².